The van der Waals surface area contributed by atoms with Crippen molar-refractivity contribution in [3.8, 4) is 0 Å². The minimum atomic E-state index is -0.178. The van der Waals surface area contributed by atoms with Crippen LogP contribution in [0.4, 0.5) is 5.69 Å². The van der Waals surface area contributed by atoms with Crippen molar-refractivity contribution in [2.75, 3.05) is 4.90 Å². The molecule has 0 aliphatic carbocycles. The summed E-state index contributed by atoms with van der Waals surface area (Å²) in [7, 11) is 0. The molecule has 0 spiro atoms. The van der Waals surface area contributed by atoms with Crippen molar-refractivity contribution in [2.24, 2.45) is 0 Å². The zero-order valence-corrected chi connectivity index (χ0v) is 15.2. The van der Waals surface area contributed by atoms with Crippen LogP contribution in [0.2, 0.25) is 0 Å². The van der Waals surface area contributed by atoms with E-state index in [1.54, 1.807) is 0 Å². The molecule has 25 heavy (non-hydrogen) atoms. The first-order valence-corrected chi connectivity index (χ1v) is 9.45. The molecule has 0 fully saturated rings. The van der Waals surface area contributed by atoms with Gasteiger partial charge in [-0.25, -0.2) is 4.98 Å². The molecular formula is C21H20N2OS. The van der Waals surface area contributed by atoms with E-state index in [4.69, 9.17) is 0 Å². The molecule has 0 saturated carbocycles. The Hall–Kier alpha value is -2.33. The lowest BCUT2D eigenvalue weighted by Crippen LogP contribution is -2.40. The van der Waals surface area contributed by atoms with E-state index in [0.29, 0.717) is 0 Å². The van der Waals surface area contributed by atoms with Crippen molar-refractivity contribution in [3.05, 3.63) is 66.2 Å². The van der Waals surface area contributed by atoms with Gasteiger partial charge in [-0.2, -0.15) is 0 Å². The second-order valence-corrected chi connectivity index (χ2v) is 7.85. The predicted octanol–water partition coefficient (Wildman–Crippen LogP) is 4.69. The molecule has 1 aliphatic heterocycles. The van der Waals surface area contributed by atoms with Crippen LogP contribution in [0.15, 0.2) is 65.7 Å². The van der Waals surface area contributed by atoms with Gasteiger partial charge in [-0.3, -0.25) is 4.79 Å². The van der Waals surface area contributed by atoms with Gasteiger partial charge in [0.1, 0.15) is 0 Å². The SMILES string of the molecule is C[C@H](Sc1ccc2ccccc2n1)C(=O)N1c2ccccc2C[C@@H]1C. The van der Waals surface area contributed by atoms with Gasteiger partial charge in [0.25, 0.3) is 0 Å². The molecule has 2 atom stereocenters. The maximum Gasteiger partial charge on any atom is 0.240 e. The minimum Gasteiger partial charge on any atom is -0.308 e. The summed E-state index contributed by atoms with van der Waals surface area (Å²) < 4.78 is 0. The molecular weight excluding hydrogens is 328 g/mol. The van der Waals surface area contributed by atoms with Crippen LogP contribution in [0.3, 0.4) is 0 Å². The van der Waals surface area contributed by atoms with Gasteiger partial charge in [0.15, 0.2) is 0 Å². The second-order valence-electron chi connectivity index (χ2n) is 6.49. The molecule has 1 aromatic heterocycles. The van der Waals surface area contributed by atoms with Gasteiger partial charge in [0.2, 0.25) is 5.91 Å². The van der Waals surface area contributed by atoms with Crippen LogP contribution in [0.1, 0.15) is 19.4 Å². The largest absolute Gasteiger partial charge is 0.308 e. The Balaban J connectivity index is 1.56. The third-order valence-electron chi connectivity index (χ3n) is 4.66. The molecule has 4 heteroatoms. The molecule has 4 rings (SSSR count). The first-order chi connectivity index (χ1) is 12.1. The number of hydrogen-bond acceptors (Lipinski definition) is 3. The second kappa shape index (κ2) is 6.52. The minimum absolute atomic E-state index is 0.150. The molecule has 0 saturated heterocycles. The number of para-hydroxylation sites is 2. The van der Waals surface area contributed by atoms with Gasteiger partial charge in [-0.05, 0) is 44.0 Å². The number of rotatable bonds is 3. The standard InChI is InChI=1S/C21H20N2OS/c1-14-13-17-8-4-6-10-19(17)23(14)21(24)15(2)25-20-12-11-16-7-3-5-9-18(16)22-20/h3-12,14-15H,13H2,1-2H3/t14-,15-/m0/s1. The van der Waals surface area contributed by atoms with E-state index in [9.17, 15) is 4.79 Å². The highest BCUT2D eigenvalue weighted by molar-refractivity contribution is 8.00. The smallest absolute Gasteiger partial charge is 0.240 e. The topological polar surface area (TPSA) is 33.2 Å². The number of thioether (sulfide) groups is 1. The van der Waals surface area contributed by atoms with E-state index in [2.05, 4.69) is 24.0 Å². The van der Waals surface area contributed by atoms with Crippen LogP contribution in [0.25, 0.3) is 10.9 Å². The molecule has 1 aliphatic rings. The van der Waals surface area contributed by atoms with Crippen LogP contribution in [-0.4, -0.2) is 22.2 Å². The Kier molecular flexibility index (Phi) is 4.22. The number of anilines is 1. The summed E-state index contributed by atoms with van der Waals surface area (Å²) in [5.41, 5.74) is 3.27. The Labute approximate surface area is 152 Å². The van der Waals surface area contributed by atoms with Crippen LogP contribution in [0, 0.1) is 0 Å². The summed E-state index contributed by atoms with van der Waals surface area (Å²) in [6.07, 6.45) is 0.924. The zero-order chi connectivity index (χ0) is 17.4. The highest BCUT2D eigenvalue weighted by atomic mass is 32.2. The number of fused-ring (bicyclic) bond motifs is 2. The van der Waals surface area contributed by atoms with E-state index < -0.39 is 0 Å². The highest BCUT2D eigenvalue weighted by Gasteiger charge is 2.33. The Morgan fingerprint density at radius 2 is 1.88 bits per heavy atom. The third-order valence-corrected chi connectivity index (χ3v) is 5.69. The van der Waals surface area contributed by atoms with E-state index >= 15 is 0 Å². The summed E-state index contributed by atoms with van der Waals surface area (Å²) in [4.78, 5) is 19.7. The fraction of sp³-hybridized carbons (Fsp3) is 0.238. The summed E-state index contributed by atoms with van der Waals surface area (Å²) in [6.45, 7) is 4.08. The molecule has 3 aromatic rings. The van der Waals surface area contributed by atoms with Crippen molar-refractivity contribution in [3.63, 3.8) is 0 Å². The van der Waals surface area contributed by atoms with Crippen molar-refractivity contribution in [1.82, 2.24) is 4.98 Å². The Bertz CT molecular complexity index is 940. The number of nitrogens with zero attached hydrogens (tertiary/aromatic N) is 2. The number of aromatic nitrogens is 1. The number of benzene rings is 2. The van der Waals surface area contributed by atoms with Crippen molar-refractivity contribution in [2.45, 2.75) is 36.6 Å². The number of pyridine rings is 1. The van der Waals surface area contributed by atoms with Gasteiger partial charge in [-0.15, -0.1) is 0 Å². The highest BCUT2D eigenvalue weighted by Crippen LogP contribution is 2.34. The molecule has 1 amide bonds. The lowest BCUT2D eigenvalue weighted by atomic mass is 10.1. The first kappa shape index (κ1) is 16.2. The van der Waals surface area contributed by atoms with Crippen LogP contribution in [-0.2, 0) is 11.2 Å². The predicted molar refractivity (Wildman–Crippen MR) is 104 cm³/mol. The van der Waals surface area contributed by atoms with Crippen LogP contribution >= 0.6 is 11.8 Å². The molecule has 3 nitrogen and oxygen atoms in total. The quantitative estimate of drug-likeness (QED) is 0.644. The van der Waals surface area contributed by atoms with Crippen molar-refractivity contribution < 1.29 is 4.79 Å². The number of carbonyl (C=O) groups is 1. The summed E-state index contributed by atoms with van der Waals surface area (Å²) in [6, 6.07) is 20.5. The third kappa shape index (κ3) is 3.02. The van der Waals surface area contributed by atoms with Gasteiger partial charge in [-0.1, -0.05) is 54.2 Å². The molecule has 2 aromatic carbocycles. The number of amides is 1. The summed E-state index contributed by atoms with van der Waals surface area (Å²) >= 11 is 1.53. The zero-order valence-electron chi connectivity index (χ0n) is 14.3. The Morgan fingerprint density at radius 1 is 1.12 bits per heavy atom. The molecule has 0 N–H and O–H groups in total. The lowest BCUT2D eigenvalue weighted by molar-refractivity contribution is -0.118. The Morgan fingerprint density at radius 3 is 2.76 bits per heavy atom. The molecule has 126 valence electrons. The van der Waals surface area contributed by atoms with E-state index in [1.165, 1.54) is 17.3 Å². The maximum absolute atomic E-state index is 13.1. The van der Waals surface area contributed by atoms with Crippen molar-refractivity contribution >= 4 is 34.3 Å². The lowest BCUT2D eigenvalue weighted by Gasteiger charge is -2.25. The van der Waals surface area contributed by atoms with Crippen LogP contribution in [0.5, 0.6) is 0 Å². The summed E-state index contributed by atoms with van der Waals surface area (Å²) in [5.74, 6) is 0.150. The fourth-order valence-electron chi connectivity index (χ4n) is 3.44. The molecule has 0 radical (unpaired) electrons. The van der Waals surface area contributed by atoms with Gasteiger partial charge in [0.05, 0.1) is 15.8 Å². The normalized spacial score (nSPS) is 17.5. The van der Waals surface area contributed by atoms with Gasteiger partial charge >= 0.3 is 0 Å². The number of carbonyl (C=O) groups excluding carboxylic acids is 1. The molecule has 0 bridgehead atoms. The van der Waals surface area contributed by atoms with Crippen molar-refractivity contribution in [1.29, 1.82) is 0 Å². The summed E-state index contributed by atoms with van der Waals surface area (Å²) in [5, 5.41) is 1.83. The average molecular weight is 348 g/mol. The fourth-order valence-corrected chi connectivity index (χ4v) is 4.32. The van der Waals surface area contributed by atoms with E-state index in [0.717, 1.165) is 28.0 Å². The number of hydrogen-bond donors (Lipinski definition) is 0. The monoisotopic (exact) mass is 348 g/mol. The van der Waals surface area contributed by atoms with Crippen LogP contribution < -0.4 is 4.90 Å². The van der Waals surface area contributed by atoms with E-state index in [-0.39, 0.29) is 17.2 Å². The maximum atomic E-state index is 13.1. The van der Waals surface area contributed by atoms with Gasteiger partial charge in [0, 0.05) is 17.1 Å². The van der Waals surface area contributed by atoms with E-state index in [1.807, 2.05) is 60.4 Å². The molecule has 2 heterocycles. The average Bonchev–Trinajstić information content (AvgIpc) is 2.96. The van der Waals surface area contributed by atoms with Gasteiger partial charge < -0.3 is 4.90 Å². The molecule has 0 unspecified atom stereocenters. The first-order valence-electron chi connectivity index (χ1n) is 8.57.